The van der Waals surface area contributed by atoms with Crippen molar-refractivity contribution in [3.05, 3.63) is 33.8 Å². The molecule has 2 fully saturated rings. The molecule has 3 rings (SSSR count). The van der Waals surface area contributed by atoms with E-state index >= 15 is 0 Å². The van der Waals surface area contributed by atoms with Crippen molar-refractivity contribution in [3.63, 3.8) is 0 Å². The van der Waals surface area contributed by atoms with Crippen LogP contribution in [0.1, 0.15) is 43.7 Å². The SMILES string of the molecule is N#CCC1(CS(=O)(=O)N2CCCC2c2ccc(Cl)c(Cl)c2)CC1. The lowest BCUT2D eigenvalue weighted by molar-refractivity contribution is 0.388. The van der Waals surface area contributed by atoms with Crippen molar-refractivity contribution in [3.8, 4) is 6.07 Å². The van der Waals surface area contributed by atoms with Crippen molar-refractivity contribution in [1.82, 2.24) is 4.31 Å². The summed E-state index contributed by atoms with van der Waals surface area (Å²) < 4.78 is 27.3. The fourth-order valence-corrected chi connectivity index (χ4v) is 5.97. The summed E-state index contributed by atoms with van der Waals surface area (Å²) in [5.41, 5.74) is 0.559. The Bertz CT molecular complexity index is 754. The van der Waals surface area contributed by atoms with Crippen LogP contribution in [0.2, 0.25) is 10.0 Å². The van der Waals surface area contributed by atoms with Crippen LogP contribution in [0.5, 0.6) is 0 Å². The number of nitrogens with zero attached hydrogens (tertiary/aromatic N) is 2. The van der Waals surface area contributed by atoms with Crippen LogP contribution < -0.4 is 0 Å². The monoisotopic (exact) mass is 372 g/mol. The third-order valence-electron chi connectivity index (χ3n) is 4.79. The molecule has 2 aliphatic rings. The number of halogens is 2. The molecule has 1 saturated heterocycles. The highest BCUT2D eigenvalue weighted by molar-refractivity contribution is 7.89. The van der Waals surface area contributed by atoms with Gasteiger partial charge in [-0.05, 0) is 48.8 Å². The number of sulfonamides is 1. The van der Waals surface area contributed by atoms with E-state index in [2.05, 4.69) is 6.07 Å². The number of nitriles is 1. The molecule has 0 aromatic heterocycles. The number of rotatable bonds is 5. The van der Waals surface area contributed by atoms with Crippen LogP contribution in [0.4, 0.5) is 0 Å². The summed E-state index contributed by atoms with van der Waals surface area (Å²) in [7, 11) is -3.39. The maximum atomic E-state index is 12.9. The molecule has 1 atom stereocenters. The van der Waals surface area contributed by atoms with E-state index in [4.69, 9.17) is 28.5 Å². The fraction of sp³-hybridized carbons (Fsp3) is 0.562. The Hall–Kier alpha value is -0.800. The molecule has 4 nitrogen and oxygen atoms in total. The lowest BCUT2D eigenvalue weighted by Gasteiger charge is -2.26. The average Bonchev–Trinajstić information content (AvgIpc) is 3.03. The van der Waals surface area contributed by atoms with Gasteiger partial charge in [-0.3, -0.25) is 0 Å². The molecule has 1 heterocycles. The van der Waals surface area contributed by atoms with Crippen LogP contribution >= 0.6 is 23.2 Å². The minimum Gasteiger partial charge on any atom is -0.212 e. The quantitative estimate of drug-likeness (QED) is 0.779. The Kier molecular flexibility index (Phi) is 4.63. The van der Waals surface area contributed by atoms with Gasteiger partial charge < -0.3 is 0 Å². The number of hydrogen-bond donors (Lipinski definition) is 0. The third-order valence-corrected chi connectivity index (χ3v) is 7.66. The molecule has 124 valence electrons. The Morgan fingerprint density at radius 3 is 2.65 bits per heavy atom. The highest BCUT2D eigenvalue weighted by Crippen LogP contribution is 2.51. The van der Waals surface area contributed by atoms with E-state index in [1.54, 1.807) is 16.4 Å². The highest BCUT2D eigenvalue weighted by atomic mass is 35.5. The molecule has 0 N–H and O–H groups in total. The largest absolute Gasteiger partial charge is 0.215 e. The molecule has 0 radical (unpaired) electrons. The van der Waals surface area contributed by atoms with E-state index < -0.39 is 10.0 Å². The van der Waals surface area contributed by atoms with Crippen LogP contribution in [0.3, 0.4) is 0 Å². The van der Waals surface area contributed by atoms with Gasteiger partial charge in [0.15, 0.2) is 0 Å². The first-order chi connectivity index (χ1) is 10.9. The molecule has 1 aliphatic carbocycles. The van der Waals surface area contributed by atoms with Crippen LogP contribution in [0.15, 0.2) is 18.2 Å². The van der Waals surface area contributed by atoms with Crippen LogP contribution in [0, 0.1) is 16.7 Å². The van der Waals surface area contributed by atoms with E-state index in [9.17, 15) is 8.42 Å². The molecule has 1 unspecified atom stereocenters. The van der Waals surface area contributed by atoms with E-state index in [-0.39, 0.29) is 17.2 Å². The topological polar surface area (TPSA) is 61.2 Å². The lowest BCUT2D eigenvalue weighted by atomic mass is 10.1. The molecule has 0 amide bonds. The maximum Gasteiger partial charge on any atom is 0.215 e. The minimum atomic E-state index is -3.39. The second-order valence-corrected chi connectivity index (χ2v) is 9.27. The van der Waals surface area contributed by atoms with Gasteiger partial charge >= 0.3 is 0 Å². The van der Waals surface area contributed by atoms with Gasteiger partial charge in [-0.2, -0.15) is 9.57 Å². The molecular formula is C16H18Cl2N2O2S. The normalized spacial score (nSPS) is 23.6. The van der Waals surface area contributed by atoms with Gasteiger partial charge in [-0.25, -0.2) is 8.42 Å². The van der Waals surface area contributed by atoms with Crippen LogP contribution in [0.25, 0.3) is 0 Å². The molecule has 1 saturated carbocycles. The second kappa shape index (κ2) is 6.25. The van der Waals surface area contributed by atoms with Gasteiger partial charge in [0, 0.05) is 19.0 Å². The Morgan fingerprint density at radius 1 is 1.30 bits per heavy atom. The van der Waals surface area contributed by atoms with Crippen LogP contribution in [-0.4, -0.2) is 25.0 Å². The van der Waals surface area contributed by atoms with Gasteiger partial charge in [0.05, 0.1) is 21.9 Å². The molecule has 0 spiro atoms. The fourth-order valence-electron chi connectivity index (χ4n) is 3.31. The van der Waals surface area contributed by atoms with E-state index in [1.807, 2.05) is 6.07 Å². The molecule has 1 aliphatic heterocycles. The highest BCUT2D eigenvalue weighted by Gasteiger charge is 2.48. The van der Waals surface area contributed by atoms with Crippen molar-refractivity contribution in [2.24, 2.45) is 5.41 Å². The first-order valence-electron chi connectivity index (χ1n) is 7.68. The van der Waals surface area contributed by atoms with Crippen molar-refractivity contribution < 1.29 is 8.42 Å². The summed E-state index contributed by atoms with van der Waals surface area (Å²) in [6, 6.07) is 7.24. The summed E-state index contributed by atoms with van der Waals surface area (Å²) in [5, 5.41) is 9.81. The predicted molar refractivity (Wildman–Crippen MR) is 90.8 cm³/mol. The van der Waals surface area contributed by atoms with E-state index in [0.717, 1.165) is 31.2 Å². The van der Waals surface area contributed by atoms with Crippen molar-refractivity contribution in [2.45, 2.75) is 38.1 Å². The molecule has 1 aromatic rings. The van der Waals surface area contributed by atoms with Gasteiger partial charge in [-0.1, -0.05) is 29.3 Å². The molecule has 7 heteroatoms. The molecular weight excluding hydrogens is 355 g/mol. The van der Waals surface area contributed by atoms with Crippen molar-refractivity contribution in [1.29, 1.82) is 5.26 Å². The van der Waals surface area contributed by atoms with Gasteiger partial charge in [0.1, 0.15) is 0 Å². The van der Waals surface area contributed by atoms with E-state index in [0.29, 0.717) is 23.0 Å². The Labute approximate surface area is 147 Å². The Morgan fingerprint density at radius 2 is 2.04 bits per heavy atom. The lowest BCUT2D eigenvalue weighted by Crippen LogP contribution is -2.35. The molecule has 23 heavy (non-hydrogen) atoms. The maximum absolute atomic E-state index is 12.9. The zero-order valence-electron chi connectivity index (χ0n) is 12.6. The summed E-state index contributed by atoms with van der Waals surface area (Å²) >= 11 is 12.0. The first kappa shape index (κ1) is 17.0. The summed E-state index contributed by atoms with van der Waals surface area (Å²) in [6.07, 6.45) is 3.57. The summed E-state index contributed by atoms with van der Waals surface area (Å²) in [4.78, 5) is 0. The smallest absolute Gasteiger partial charge is 0.212 e. The standard InChI is InChI=1S/C16H18Cl2N2O2S/c17-13-4-3-12(10-14(13)18)15-2-1-9-20(15)23(21,22)11-16(5-6-16)7-8-19/h3-4,10,15H,1-2,5-7,9,11H2. The summed E-state index contributed by atoms with van der Waals surface area (Å²) in [5.74, 6) is 0.0748. The summed E-state index contributed by atoms with van der Waals surface area (Å²) in [6.45, 7) is 0.524. The van der Waals surface area contributed by atoms with Crippen molar-refractivity contribution >= 4 is 33.2 Å². The number of hydrogen-bond acceptors (Lipinski definition) is 3. The first-order valence-corrected chi connectivity index (χ1v) is 10.0. The number of benzene rings is 1. The zero-order chi connectivity index (χ0) is 16.7. The van der Waals surface area contributed by atoms with Gasteiger partial charge in [0.25, 0.3) is 0 Å². The minimum absolute atomic E-state index is 0.0748. The van der Waals surface area contributed by atoms with Gasteiger partial charge in [0.2, 0.25) is 10.0 Å². The zero-order valence-corrected chi connectivity index (χ0v) is 15.0. The Balaban J connectivity index is 1.83. The molecule has 1 aromatic carbocycles. The third kappa shape index (κ3) is 3.51. The van der Waals surface area contributed by atoms with E-state index in [1.165, 1.54) is 0 Å². The van der Waals surface area contributed by atoms with Crippen molar-refractivity contribution in [2.75, 3.05) is 12.3 Å². The second-order valence-electron chi connectivity index (χ2n) is 6.53. The van der Waals surface area contributed by atoms with Gasteiger partial charge in [-0.15, -0.1) is 0 Å². The predicted octanol–water partition coefficient (Wildman–Crippen LogP) is 4.15. The molecule has 0 bridgehead atoms. The average molecular weight is 373 g/mol. The van der Waals surface area contributed by atoms with Crippen LogP contribution in [-0.2, 0) is 10.0 Å².